The second-order valence-corrected chi connectivity index (χ2v) is 9.05. The number of benzene rings is 5. The van der Waals surface area contributed by atoms with Crippen LogP contribution in [-0.4, -0.2) is 9.97 Å². The Morgan fingerprint density at radius 2 is 1.46 bits per heavy atom. The molecule has 0 atom stereocenters. The predicted molar refractivity (Wildman–Crippen MR) is 147 cm³/mol. The first kappa shape index (κ1) is 24.2. The van der Waals surface area contributed by atoms with E-state index in [0.717, 1.165) is 21.9 Å². The normalized spacial score (nSPS) is 11.9. The Morgan fingerprint density at radius 3 is 2.22 bits per heavy atom. The van der Waals surface area contributed by atoms with Crippen LogP contribution in [0.1, 0.15) is 16.7 Å². The zero-order valence-corrected chi connectivity index (χ0v) is 20.8. The summed E-state index contributed by atoms with van der Waals surface area (Å²) in [7, 11) is 0. The van der Waals surface area contributed by atoms with Crippen LogP contribution in [0.3, 0.4) is 0 Å². The zero-order chi connectivity index (χ0) is 25.8. The SMILES string of the molecule is Cc1ccc(N=[N+]([O-])c2ccc(N=Nc3c(O)c(Cc4ccccc4Cl)cc4ccccc34)cc2)cc1. The molecule has 1 N–H and O–H groups in total. The highest BCUT2D eigenvalue weighted by Gasteiger charge is 2.14. The molecule has 5 aromatic rings. The number of rotatable bonds is 6. The number of aromatic hydroxyl groups is 1. The maximum absolute atomic E-state index is 12.4. The van der Waals surface area contributed by atoms with E-state index in [1.165, 1.54) is 0 Å². The van der Waals surface area contributed by atoms with Crippen molar-refractivity contribution >= 4 is 45.1 Å². The molecule has 0 spiro atoms. The third-order valence-corrected chi connectivity index (χ3v) is 6.36. The molecule has 5 rings (SSSR count). The van der Waals surface area contributed by atoms with Gasteiger partial charge >= 0.3 is 0 Å². The van der Waals surface area contributed by atoms with Crippen LogP contribution in [0.5, 0.6) is 5.75 Å². The van der Waals surface area contributed by atoms with Gasteiger partial charge in [0.15, 0.2) is 0 Å². The van der Waals surface area contributed by atoms with Gasteiger partial charge in [-0.15, -0.1) is 5.11 Å². The molecular weight excluding hydrogens is 484 g/mol. The molecule has 0 heterocycles. The van der Waals surface area contributed by atoms with E-state index in [2.05, 4.69) is 15.3 Å². The summed E-state index contributed by atoms with van der Waals surface area (Å²) in [5, 5.41) is 38.8. The van der Waals surface area contributed by atoms with Crippen molar-refractivity contribution in [2.75, 3.05) is 0 Å². The molecule has 0 bridgehead atoms. The molecule has 7 heteroatoms. The fraction of sp³-hybridized carbons (Fsp3) is 0.0667. The average Bonchev–Trinajstić information content (AvgIpc) is 2.91. The van der Waals surface area contributed by atoms with E-state index in [1.54, 1.807) is 36.4 Å². The zero-order valence-electron chi connectivity index (χ0n) is 20.0. The number of halogens is 1. The third-order valence-electron chi connectivity index (χ3n) is 5.99. The van der Waals surface area contributed by atoms with Crippen LogP contribution in [0.15, 0.2) is 118 Å². The topological polar surface area (TPSA) is 83.4 Å². The molecule has 0 unspecified atom stereocenters. The summed E-state index contributed by atoms with van der Waals surface area (Å²) in [5.41, 5.74) is 4.57. The van der Waals surface area contributed by atoms with Crippen molar-refractivity contribution in [3.63, 3.8) is 0 Å². The predicted octanol–water partition coefficient (Wildman–Crippen LogP) is 9.44. The second kappa shape index (κ2) is 10.6. The molecule has 0 amide bonds. The van der Waals surface area contributed by atoms with Crippen molar-refractivity contribution in [3.8, 4) is 5.75 Å². The summed E-state index contributed by atoms with van der Waals surface area (Å²) in [6, 6.07) is 31.2. The van der Waals surface area contributed by atoms with Crippen molar-refractivity contribution in [2.24, 2.45) is 15.3 Å². The highest BCUT2D eigenvalue weighted by atomic mass is 35.5. The molecule has 6 nitrogen and oxygen atoms in total. The minimum Gasteiger partial charge on any atom is -0.594 e. The van der Waals surface area contributed by atoms with Crippen LogP contribution in [0.4, 0.5) is 22.7 Å². The Bertz CT molecular complexity index is 1630. The number of hydrogen-bond acceptors (Lipinski definition) is 5. The van der Waals surface area contributed by atoms with Crippen LogP contribution < -0.4 is 0 Å². The van der Waals surface area contributed by atoms with E-state index >= 15 is 0 Å². The Balaban J connectivity index is 1.44. The fourth-order valence-corrected chi connectivity index (χ4v) is 4.19. The molecule has 0 saturated carbocycles. The summed E-state index contributed by atoms with van der Waals surface area (Å²) < 4.78 is 0. The summed E-state index contributed by atoms with van der Waals surface area (Å²) in [6.45, 7) is 1.98. The Kier molecular flexibility index (Phi) is 6.92. The highest BCUT2D eigenvalue weighted by Crippen LogP contribution is 2.40. The largest absolute Gasteiger partial charge is 0.594 e. The highest BCUT2D eigenvalue weighted by molar-refractivity contribution is 6.31. The molecule has 0 saturated heterocycles. The molecule has 0 aliphatic carbocycles. The average molecular weight is 507 g/mol. The first-order valence-corrected chi connectivity index (χ1v) is 12.1. The number of phenolic OH excluding ortho intramolecular Hbond substituents is 1. The lowest BCUT2D eigenvalue weighted by Gasteiger charge is -2.11. The first-order chi connectivity index (χ1) is 18.0. The lowest BCUT2D eigenvalue weighted by Crippen LogP contribution is -1.91. The summed E-state index contributed by atoms with van der Waals surface area (Å²) >= 11 is 6.36. The van der Waals surface area contributed by atoms with Gasteiger partial charge in [0.25, 0.3) is 0 Å². The van der Waals surface area contributed by atoms with E-state index in [4.69, 9.17) is 11.6 Å². The number of fused-ring (bicyclic) bond motifs is 1. The third kappa shape index (κ3) is 5.50. The molecule has 5 aromatic carbocycles. The molecule has 0 aromatic heterocycles. The number of hydrogen-bond donors (Lipinski definition) is 1. The van der Waals surface area contributed by atoms with Crippen molar-refractivity contribution in [2.45, 2.75) is 13.3 Å². The van der Waals surface area contributed by atoms with E-state index in [-0.39, 0.29) is 5.75 Å². The number of phenols is 1. The molecule has 0 aliphatic rings. The molecule has 37 heavy (non-hydrogen) atoms. The smallest absolute Gasteiger partial charge is 0.245 e. The van der Waals surface area contributed by atoms with Crippen LogP contribution in [0.25, 0.3) is 10.8 Å². The Hall–Kier alpha value is -4.55. The van der Waals surface area contributed by atoms with Gasteiger partial charge in [-0.1, -0.05) is 76.6 Å². The van der Waals surface area contributed by atoms with Crippen molar-refractivity contribution in [1.29, 1.82) is 0 Å². The Labute approximate surface area is 219 Å². The fourth-order valence-electron chi connectivity index (χ4n) is 3.99. The van der Waals surface area contributed by atoms with Gasteiger partial charge in [0, 0.05) is 39.6 Å². The molecule has 182 valence electrons. The molecule has 0 aliphatic heterocycles. The maximum atomic E-state index is 12.4. The van der Waals surface area contributed by atoms with Gasteiger partial charge in [0.1, 0.15) is 17.1 Å². The monoisotopic (exact) mass is 506 g/mol. The van der Waals surface area contributed by atoms with Crippen molar-refractivity contribution < 1.29 is 9.97 Å². The van der Waals surface area contributed by atoms with E-state index in [0.29, 0.717) is 44.6 Å². The van der Waals surface area contributed by atoms with Crippen molar-refractivity contribution in [3.05, 3.63) is 130 Å². The van der Waals surface area contributed by atoms with Crippen LogP contribution >= 0.6 is 11.6 Å². The van der Waals surface area contributed by atoms with Crippen LogP contribution in [-0.2, 0) is 6.42 Å². The van der Waals surface area contributed by atoms with Gasteiger partial charge in [-0.2, -0.15) is 5.11 Å². The summed E-state index contributed by atoms with van der Waals surface area (Å²) in [5.74, 6) is 0.0571. The summed E-state index contributed by atoms with van der Waals surface area (Å²) in [6.07, 6.45) is 0.456. The van der Waals surface area contributed by atoms with Gasteiger partial charge in [-0.3, -0.25) is 0 Å². The van der Waals surface area contributed by atoms with E-state index in [1.807, 2.05) is 73.7 Å². The molecule has 0 radical (unpaired) electrons. The second-order valence-electron chi connectivity index (χ2n) is 8.65. The van der Waals surface area contributed by atoms with E-state index < -0.39 is 0 Å². The molecule has 0 fully saturated rings. The van der Waals surface area contributed by atoms with Gasteiger partial charge in [0.2, 0.25) is 5.69 Å². The maximum Gasteiger partial charge on any atom is 0.245 e. The lowest BCUT2D eigenvalue weighted by atomic mass is 9.98. The minimum atomic E-state index is 0.0571. The van der Waals surface area contributed by atoms with Crippen molar-refractivity contribution in [1.82, 2.24) is 0 Å². The quantitative estimate of drug-likeness (QED) is 0.141. The molecular formula is C30H23ClN4O2. The Morgan fingerprint density at radius 1 is 0.784 bits per heavy atom. The lowest BCUT2D eigenvalue weighted by molar-refractivity contribution is -0.435. The minimum absolute atomic E-state index is 0.0571. The van der Waals surface area contributed by atoms with Gasteiger partial charge in [-0.05, 0) is 54.3 Å². The van der Waals surface area contributed by atoms with Gasteiger partial charge in [-0.25, -0.2) is 0 Å². The van der Waals surface area contributed by atoms with Crippen LogP contribution in [0, 0.1) is 12.1 Å². The number of nitrogens with zero attached hydrogens (tertiary/aromatic N) is 4. The number of aryl methyl sites for hydroxylation is 1. The van der Waals surface area contributed by atoms with Crippen LogP contribution in [0.2, 0.25) is 5.02 Å². The van der Waals surface area contributed by atoms with E-state index in [9.17, 15) is 10.3 Å². The standard InChI is InChI=1S/C30H23ClN4O2/c1-20-10-12-25(13-11-20)34-35(37)26-16-14-24(15-17-26)32-33-29-27-8-4-2-6-21(27)18-23(30(29)36)19-22-7-3-5-9-28(22)31/h2-18,36H,19H2,1H3. The first-order valence-electron chi connectivity index (χ1n) is 11.7. The van der Waals surface area contributed by atoms with Gasteiger partial charge in [0.05, 0.1) is 5.69 Å². The number of azo groups is 2. The van der Waals surface area contributed by atoms with Gasteiger partial charge < -0.3 is 10.3 Å². The summed E-state index contributed by atoms with van der Waals surface area (Å²) in [4.78, 5) is 0.573.